The summed E-state index contributed by atoms with van der Waals surface area (Å²) in [5.74, 6) is 1.63. The van der Waals surface area contributed by atoms with E-state index in [0.29, 0.717) is 36.0 Å². The molecular weight excluding hydrogens is 482 g/mol. The van der Waals surface area contributed by atoms with Gasteiger partial charge in [-0.1, -0.05) is 24.3 Å². The summed E-state index contributed by atoms with van der Waals surface area (Å²) < 4.78 is 37.8. The maximum absolute atomic E-state index is 13.2. The van der Waals surface area contributed by atoms with Crippen molar-refractivity contribution in [1.29, 1.82) is 0 Å². The van der Waals surface area contributed by atoms with Crippen LogP contribution in [0.4, 0.5) is 5.82 Å². The molecule has 1 atom stereocenters. The van der Waals surface area contributed by atoms with Crippen LogP contribution < -0.4 is 14.8 Å². The molecule has 1 saturated heterocycles. The summed E-state index contributed by atoms with van der Waals surface area (Å²) in [5, 5.41) is 12.6. The molecule has 2 aliphatic heterocycles. The molecule has 10 heteroatoms. The van der Waals surface area contributed by atoms with Gasteiger partial charge in [0.05, 0.1) is 22.1 Å². The molecule has 2 aromatic carbocycles. The highest BCUT2D eigenvalue weighted by Crippen LogP contribution is 2.51. The fraction of sp³-hybridized carbons (Fsp3) is 0.308. The van der Waals surface area contributed by atoms with E-state index in [-0.39, 0.29) is 27.0 Å². The highest BCUT2D eigenvalue weighted by molar-refractivity contribution is 7.89. The number of carbonyl (C=O) groups excluding carboxylic acids is 1. The minimum atomic E-state index is -3.66. The van der Waals surface area contributed by atoms with Crippen LogP contribution in [0.1, 0.15) is 27.7 Å². The topological polar surface area (TPSA) is 118 Å². The number of benzene rings is 2. The summed E-state index contributed by atoms with van der Waals surface area (Å²) in [6.45, 7) is 0.604. The molecule has 36 heavy (non-hydrogen) atoms. The number of aromatic nitrogens is 1. The summed E-state index contributed by atoms with van der Waals surface area (Å²) in [4.78, 5) is 18.0. The van der Waals surface area contributed by atoms with E-state index < -0.39 is 21.5 Å². The molecule has 6 rings (SSSR count). The highest BCUT2D eigenvalue weighted by Gasteiger charge is 2.51. The number of nitrogens with one attached hydrogen (secondary N) is 1. The predicted octanol–water partition coefficient (Wildman–Crippen LogP) is 3.39. The van der Waals surface area contributed by atoms with Gasteiger partial charge < -0.3 is 19.9 Å². The average molecular weight is 512 g/mol. The van der Waals surface area contributed by atoms with Crippen LogP contribution in [0.5, 0.6) is 11.5 Å². The third kappa shape index (κ3) is 4.01. The Hall–Kier alpha value is -3.47. The number of hydrogen-bond donors (Lipinski definition) is 2. The van der Waals surface area contributed by atoms with Crippen molar-refractivity contribution in [2.24, 2.45) is 0 Å². The molecule has 1 amide bonds. The molecule has 2 fully saturated rings. The van der Waals surface area contributed by atoms with Crippen LogP contribution in [0.2, 0.25) is 0 Å². The number of ether oxygens (including phenoxy) is 2. The van der Waals surface area contributed by atoms with Crippen molar-refractivity contribution >= 4 is 21.7 Å². The quantitative estimate of drug-likeness (QED) is 0.521. The lowest BCUT2D eigenvalue weighted by Crippen LogP contribution is -2.29. The van der Waals surface area contributed by atoms with Crippen LogP contribution in [0.3, 0.4) is 0 Å². The van der Waals surface area contributed by atoms with Crippen molar-refractivity contribution in [3.63, 3.8) is 0 Å². The fourth-order valence-electron chi connectivity index (χ4n) is 4.74. The van der Waals surface area contributed by atoms with Crippen LogP contribution in [0.25, 0.3) is 11.3 Å². The monoisotopic (exact) mass is 511 g/mol. The number of β-amino-alcohol motifs (C(OH)–C–C–N with tert-alkyl or cyclic N) is 1. The summed E-state index contributed by atoms with van der Waals surface area (Å²) in [6, 6.07) is 17.4. The van der Waals surface area contributed by atoms with E-state index in [1.807, 2.05) is 18.2 Å². The summed E-state index contributed by atoms with van der Waals surface area (Å²) >= 11 is 0. The lowest BCUT2D eigenvalue weighted by Gasteiger charge is -2.17. The second-order valence-corrected chi connectivity index (χ2v) is 11.3. The number of aliphatic hydroxyl groups excluding tert-OH is 1. The largest absolute Gasteiger partial charge is 0.454 e. The fourth-order valence-corrected chi connectivity index (χ4v) is 6.24. The number of rotatable bonds is 6. The molecule has 190 valence electrons. The van der Waals surface area contributed by atoms with Gasteiger partial charge in [0, 0.05) is 21.5 Å². The zero-order valence-corrected chi connectivity index (χ0v) is 20.2. The smallest absolute Gasteiger partial charge is 0.243 e. The zero-order valence-electron chi connectivity index (χ0n) is 19.4. The van der Waals surface area contributed by atoms with Crippen molar-refractivity contribution in [3.8, 4) is 22.8 Å². The first-order valence-corrected chi connectivity index (χ1v) is 13.3. The number of anilines is 1. The van der Waals surface area contributed by atoms with Crippen molar-refractivity contribution in [1.82, 2.24) is 9.29 Å². The van der Waals surface area contributed by atoms with Gasteiger partial charge >= 0.3 is 0 Å². The number of fused-ring (bicyclic) bond motifs is 1. The van der Waals surface area contributed by atoms with E-state index >= 15 is 0 Å². The Kier molecular flexibility index (Phi) is 5.47. The second kappa shape index (κ2) is 8.58. The van der Waals surface area contributed by atoms with Gasteiger partial charge in [-0.05, 0) is 61.2 Å². The lowest BCUT2D eigenvalue weighted by atomic mass is 9.94. The van der Waals surface area contributed by atoms with E-state index in [9.17, 15) is 18.3 Å². The Balaban J connectivity index is 0.00000168. The molecule has 3 aliphatic rings. The third-order valence-corrected chi connectivity index (χ3v) is 8.89. The number of nitrogens with zero attached hydrogens (tertiary/aromatic N) is 2. The molecule has 1 aromatic heterocycles. The number of pyridine rings is 1. The van der Waals surface area contributed by atoms with Crippen LogP contribution in [-0.4, -0.2) is 54.7 Å². The maximum atomic E-state index is 13.2. The van der Waals surface area contributed by atoms with Crippen LogP contribution in [-0.2, 0) is 20.2 Å². The summed E-state index contributed by atoms with van der Waals surface area (Å²) in [7, 11) is -3.66. The molecular formula is C26H29N3O6S. The number of hydrogen-bond acceptors (Lipinski definition) is 7. The molecule has 1 unspecified atom stereocenters. The van der Waals surface area contributed by atoms with Crippen molar-refractivity contribution in [2.45, 2.75) is 35.7 Å². The third-order valence-electron chi connectivity index (χ3n) is 7.01. The molecule has 3 heterocycles. The summed E-state index contributed by atoms with van der Waals surface area (Å²) in [5.41, 5.74) is 1.62. The van der Waals surface area contributed by atoms with Gasteiger partial charge in [-0.25, -0.2) is 13.4 Å². The lowest BCUT2D eigenvalue weighted by molar-refractivity contribution is -0.118. The molecule has 3 aromatic rings. The SMILES string of the molecule is O=C(Nc1cccc(-c2ccc(S(=O)(=O)N3CCC(O)C3)cc2)n1)C1(c2ccc3c(c2)OCO3)CC1.[HH].[HH]. The highest BCUT2D eigenvalue weighted by atomic mass is 32.2. The van der Waals surface area contributed by atoms with E-state index in [2.05, 4.69) is 10.3 Å². The molecule has 1 aliphatic carbocycles. The Bertz CT molecular complexity index is 1450. The number of amides is 1. The molecule has 9 nitrogen and oxygen atoms in total. The zero-order chi connectivity index (χ0) is 24.9. The minimum absolute atomic E-state index is 0. The normalized spacial score (nSPS) is 20.3. The van der Waals surface area contributed by atoms with E-state index in [1.54, 1.807) is 42.5 Å². The molecule has 2 N–H and O–H groups in total. The molecule has 1 saturated carbocycles. The molecule has 0 radical (unpaired) electrons. The van der Waals surface area contributed by atoms with E-state index in [1.165, 1.54) is 4.31 Å². The van der Waals surface area contributed by atoms with Gasteiger partial charge in [0.25, 0.3) is 0 Å². The van der Waals surface area contributed by atoms with Crippen LogP contribution >= 0.6 is 0 Å². The van der Waals surface area contributed by atoms with Gasteiger partial charge in [0.15, 0.2) is 11.5 Å². The average Bonchev–Trinajstić information content (AvgIpc) is 3.35. The van der Waals surface area contributed by atoms with Crippen molar-refractivity contribution < 1.29 is 30.6 Å². The van der Waals surface area contributed by atoms with Gasteiger partial charge in [-0.3, -0.25) is 4.79 Å². The first-order chi connectivity index (χ1) is 17.3. The number of aliphatic hydroxyl groups is 1. The first-order valence-electron chi connectivity index (χ1n) is 11.8. The maximum Gasteiger partial charge on any atom is 0.243 e. The van der Waals surface area contributed by atoms with Crippen molar-refractivity contribution in [3.05, 3.63) is 66.2 Å². The second-order valence-electron chi connectivity index (χ2n) is 9.34. The molecule has 0 bridgehead atoms. The predicted molar refractivity (Wildman–Crippen MR) is 135 cm³/mol. The number of carbonyl (C=O) groups is 1. The van der Waals surface area contributed by atoms with E-state index in [4.69, 9.17) is 9.47 Å². The van der Waals surface area contributed by atoms with Gasteiger partial charge in [0.2, 0.25) is 22.7 Å². The standard InChI is InChI=1S/C26H25N3O6S.2H2/c30-19-10-13-29(15-19)36(32,33)20-7-4-17(5-8-20)21-2-1-3-24(27-21)28-25(31)26(11-12-26)18-6-9-22-23(14-18)35-16-34-22;;/h1-9,14,19,30H,10-13,15-16H2,(H,27,28,31);2*1H. The molecule has 0 spiro atoms. The Morgan fingerprint density at radius 3 is 2.58 bits per heavy atom. The van der Waals surface area contributed by atoms with Gasteiger partial charge in [-0.15, -0.1) is 0 Å². The first kappa shape index (κ1) is 23.0. The Labute approximate surface area is 211 Å². The Morgan fingerprint density at radius 1 is 1.08 bits per heavy atom. The van der Waals surface area contributed by atoms with Gasteiger partial charge in [0.1, 0.15) is 5.82 Å². The Morgan fingerprint density at radius 2 is 1.86 bits per heavy atom. The van der Waals surface area contributed by atoms with Crippen LogP contribution in [0.15, 0.2) is 65.6 Å². The van der Waals surface area contributed by atoms with Crippen LogP contribution in [0, 0.1) is 0 Å². The van der Waals surface area contributed by atoms with Gasteiger partial charge in [-0.2, -0.15) is 4.31 Å². The van der Waals surface area contributed by atoms with E-state index in [0.717, 1.165) is 24.0 Å². The minimum Gasteiger partial charge on any atom is -0.454 e. The number of sulfonamides is 1. The van der Waals surface area contributed by atoms with Crippen molar-refractivity contribution in [2.75, 3.05) is 25.2 Å². The summed E-state index contributed by atoms with van der Waals surface area (Å²) in [6.07, 6.45) is 1.29.